The number of fused-ring (bicyclic) bond motifs is 1. The van der Waals surface area contributed by atoms with Crippen molar-refractivity contribution in [1.82, 2.24) is 0 Å². The summed E-state index contributed by atoms with van der Waals surface area (Å²) in [5.74, 6) is -2.41. The van der Waals surface area contributed by atoms with Gasteiger partial charge < -0.3 is 0 Å². The zero-order valence-electron chi connectivity index (χ0n) is 15.6. The molecule has 2 heterocycles. The third kappa shape index (κ3) is 2.88. The lowest BCUT2D eigenvalue weighted by Crippen LogP contribution is -2.37. The lowest BCUT2D eigenvalue weighted by Gasteiger charge is -2.28. The molecule has 0 unspecified atom stereocenters. The summed E-state index contributed by atoms with van der Waals surface area (Å²) in [7, 11) is 0. The van der Waals surface area contributed by atoms with Gasteiger partial charge in [-0.1, -0.05) is 60.1 Å². The highest BCUT2D eigenvalue weighted by Crippen LogP contribution is 2.47. The smallest absolute Gasteiger partial charge is 0.266 e. The number of para-hydroxylation sites is 1. The van der Waals surface area contributed by atoms with E-state index >= 15 is 0 Å². The van der Waals surface area contributed by atoms with Crippen molar-refractivity contribution >= 4 is 34.8 Å². The molecular weight excluding hydrogens is 407 g/mol. The normalized spacial score (nSPS) is 23.2. The molecule has 0 N–H and O–H groups in total. The minimum absolute atomic E-state index is 0.0771. The van der Waals surface area contributed by atoms with Gasteiger partial charge >= 0.3 is 0 Å². The Morgan fingerprint density at radius 3 is 2.17 bits per heavy atom. The van der Waals surface area contributed by atoms with Gasteiger partial charge in [0.2, 0.25) is 5.91 Å². The third-order valence-corrected chi connectivity index (χ3v) is 5.74. The molecule has 0 aliphatic carbocycles. The first-order chi connectivity index (χ1) is 14.6. The second-order valence-electron chi connectivity index (χ2n) is 7.18. The van der Waals surface area contributed by atoms with Crippen LogP contribution in [0, 0.1) is 11.7 Å². The van der Waals surface area contributed by atoms with Crippen LogP contribution in [0.4, 0.5) is 15.8 Å². The van der Waals surface area contributed by atoms with E-state index < -0.39 is 35.7 Å². The van der Waals surface area contributed by atoms with Gasteiger partial charge in [-0.2, -0.15) is 0 Å². The van der Waals surface area contributed by atoms with Gasteiger partial charge in [-0.25, -0.2) is 14.4 Å². The van der Waals surface area contributed by atoms with Gasteiger partial charge in [0, 0.05) is 0 Å². The quantitative estimate of drug-likeness (QED) is 0.582. The van der Waals surface area contributed by atoms with E-state index in [4.69, 9.17) is 16.4 Å². The monoisotopic (exact) mass is 422 g/mol. The lowest BCUT2D eigenvalue weighted by molar-refractivity contribution is -0.126. The van der Waals surface area contributed by atoms with Crippen molar-refractivity contribution in [2.75, 3.05) is 9.96 Å². The van der Waals surface area contributed by atoms with Gasteiger partial charge in [-0.3, -0.25) is 14.4 Å². The van der Waals surface area contributed by atoms with Crippen LogP contribution in [0.5, 0.6) is 0 Å². The largest absolute Gasteiger partial charge is 0.273 e. The molecule has 7 heteroatoms. The van der Waals surface area contributed by atoms with Crippen molar-refractivity contribution in [3.8, 4) is 0 Å². The summed E-state index contributed by atoms with van der Waals surface area (Å²) in [4.78, 5) is 33.6. The second kappa shape index (κ2) is 7.23. The van der Waals surface area contributed by atoms with E-state index in [2.05, 4.69) is 0 Å². The maximum Gasteiger partial charge on any atom is 0.266 e. The number of imide groups is 1. The van der Waals surface area contributed by atoms with Crippen molar-refractivity contribution in [1.29, 1.82) is 0 Å². The molecule has 30 heavy (non-hydrogen) atoms. The van der Waals surface area contributed by atoms with Gasteiger partial charge in [0.15, 0.2) is 6.10 Å². The summed E-state index contributed by atoms with van der Waals surface area (Å²) < 4.78 is 14.0. The summed E-state index contributed by atoms with van der Waals surface area (Å²) in [6.07, 6.45) is -0.998. The molecule has 0 spiro atoms. The standard InChI is InChI=1S/C23H16ClFN2O3/c24-17-12-11-16(13-18(17)25)26-22(28)19-20(14-7-3-1-4-8-14)27(30-21(19)23(26)29)15-9-5-2-6-10-15/h1-13,19-21H/t19-,20-,21+/m1/s1. The molecule has 0 bridgehead atoms. The van der Waals surface area contributed by atoms with Crippen molar-refractivity contribution in [3.05, 3.63) is 95.3 Å². The molecule has 0 saturated carbocycles. The summed E-state index contributed by atoms with van der Waals surface area (Å²) in [5.41, 5.74) is 1.73. The number of rotatable bonds is 3. The molecule has 5 rings (SSSR count). The van der Waals surface area contributed by atoms with Crippen LogP contribution in [0.3, 0.4) is 0 Å². The number of benzene rings is 3. The van der Waals surface area contributed by atoms with E-state index in [1.807, 2.05) is 60.7 Å². The van der Waals surface area contributed by atoms with Crippen LogP contribution in [-0.4, -0.2) is 17.9 Å². The Labute approximate surface area is 177 Å². The van der Waals surface area contributed by atoms with Gasteiger partial charge in [0.05, 0.1) is 22.4 Å². The highest BCUT2D eigenvalue weighted by atomic mass is 35.5. The molecule has 2 aliphatic heterocycles. The summed E-state index contributed by atoms with van der Waals surface area (Å²) >= 11 is 5.75. The third-order valence-electron chi connectivity index (χ3n) is 5.43. The molecular formula is C23H16ClFN2O3. The maximum absolute atomic E-state index is 14.0. The molecule has 3 aromatic carbocycles. The topological polar surface area (TPSA) is 49.9 Å². The molecule has 3 aromatic rings. The first-order valence-corrected chi connectivity index (χ1v) is 9.83. The molecule has 0 radical (unpaired) electrons. The van der Waals surface area contributed by atoms with Crippen molar-refractivity contribution in [2.45, 2.75) is 12.1 Å². The van der Waals surface area contributed by atoms with Crippen LogP contribution >= 0.6 is 11.6 Å². The number of amides is 2. The average molecular weight is 423 g/mol. The molecule has 3 atom stereocenters. The number of hydrogen-bond donors (Lipinski definition) is 0. The van der Waals surface area contributed by atoms with E-state index in [1.165, 1.54) is 12.1 Å². The van der Waals surface area contributed by atoms with Gasteiger partial charge in [-0.05, 0) is 35.9 Å². The van der Waals surface area contributed by atoms with Crippen molar-refractivity contribution < 1.29 is 18.8 Å². The van der Waals surface area contributed by atoms with E-state index in [9.17, 15) is 14.0 Å². The number of carbonyl (C=O) groups is 2. The van der Waals surface area contributed by atoms with Crippen LogP contribution in [0.25, 0.3) is 0 Å². The highest BCUT2D eigenvalue weighted by molar-refractivity contribution is 6.31. The zero-order valence-corrected chi connectivity index (χ0v) is 16.4. The van der Waals surface area contributed by atoms with Gasteiger partial charge in [0.25, 0.3) is 5.91 Å². The Bertz CT molecular complexity index is 1130. The number of nitrogens with zero attached hydrogens (tertiary/aromatic N) is 2. The Morgan fingerprint density at radius 2 is 1.50 bits per heavy atom. The molecule has 5 nitrogen and oxygen atoms in total. The van der Waals surface area contributed by atoms with Crippen LogP contribution in [-0.2, 0) is 14.4 Å². The predicted molar refractivity (Wildman–Crippen MR) is 110 cm³/mol. The minimum Gasteiger partial charge on any atom is -0.273 e. The van der Waals surface area contributed by atoms with Crippen molar-refractivity contribution in [2.24, 2.45) is 5.92 Å². The van der Waals surface area contributed by atoms with Crippen molar-refractivity contribution in [3.63, 3.8) is 0 Å². The molecule has 2 amide bonds. The minimum atomic E-state index is -0.998. The fourth-order valence-corrected chi connectivity index (χ4v) is 4.20. The Hall–Kier alpha value is -3.22. The van der Waals surface area contributed by atoms with Crippen LogP contribution in [0.1, 0.15) is 11.6 Å². The van der Waals surface area contributed by atoms with Crippen LogP contribution in [0.15, 0.2) is 78.9 Å². The molecule has 0 aromatic heterocycles. The summed E-state index contributed by atoms with van der Waals surface area (Å²) in [6.45, 7) is 0. The number of hydroxylamine groups is 1. The fraction of sp³-hybridized carbons (Fsp3) is 0.130. The molecule has 150 valence electrons. The first kappa shape index (κ1) is 18.8. The lowest BCUT2D eigenvalue weighted by atomic mass is 9.90. The van der Waals surface area contributed by atoms with Gasteiger partial charge in [0.1, 0.15) is 11.7 Å². The summed E-state index contributed by atoms with van der Waals surface area (Å²) in [5, 5.41) is 1.55. The first-order valence-electron chi connectivity index (χ1n) is 9.45. The van der Waals surface area contributed by atoms with Gasteiger partial charge in [-0.15, -0.1) is 0 Å². The molecule has 2 saturated heterocycles. The molecule has 2 aliphatic rings. The van der Waals surface area contributed by atoms with Crippen LogP contribution in [0.2, 0.25) is 5.02 Å². The van der Waals surface area contributed by atoms with Crippen LogP contribution < -0.4 is 9.96 Å². The SMILES string of the molecule is O=C1[C@H]2[C@H](ON(c3ccccc3)[C@@H]2c2ccccc2)C(=O)N1c1ccc(Cl)c(F)c1. The number of hydrogen-bond acceptors (Lipinski definition) is 4. The summed E-state index contributed by atoms with van der Waals surface area (Å²) in [6, 6.07) is 22.1. The van der Waals surface area contributed by atoms with E-state index in [1.54, 1.807) is 5.06 Å². The second-order valence-corrected chi connectivity index (χ2v) is 7.59. The fourth-order valence-electron chi connectivity index (χ4n) is 4.08. The number of carbonyl (C=O) groups excluding carboxylic acids is 2. The Morgan fingerprint density at radius 1 is 0.833 bits per heavy atom. The van der Waals surface area contributed by atoms with E-state index in [-0.39, 0.29) is 10.7 Å². The maximum atomic E-state index is 14.0. The van der Waals surface area contributed by atoms with E-state index in [0.29, 0.717) is 0 Å². The number of halogens is 2. The number of anilines is 2. The van der Waals surface area contributed by atoms with E-state index in [0.717, 1.165) is 22.2 Å². The average Bonchev–Trinajstić information content (AvgIpc) is 3.28. The highest BCUT2D eigenvalue weighted by Gasteiger charge is 2.60. The zero-order chi connectivity index (χ0) is 20.8. The Kier molecular flexibility index (Phi) is 4.53. The predicted octanol–water partition coefficient (Wildman–Crippen LogP) is 4.53. The Balaban J connectivity index is 1.58. The molecule has 2 fully saturated rings.